The van der Waals surface area contributed by atoms with Crippen LogP contribution in [0.4, 0.5) is 0 Å². The number of hydrogen-bond acceptors (Lipinski definition) is 2. The highest BCUT2D eigenvalue weighted by Gasteiger charge is 2.22. The highest BCUT2D eigenvalue weighted by molar-refractivity contribution is 5.80. The third-order valence-corrected chi connectivity index (χ3v) is 3.45. The van der Waals surface area contributed by atoms with E-state index in [1.54, 1.807) is 0 Å². The summed E-state index contributed by atoms with van der Waals surface area (Å²) in [6.45, 7) is 11.0. The second-order valence-corrected chi connectivity index (χ2v) is 5.76. The summed E-state index contributed by atoms with van der Waals surface area (Å²) in [5.74, 6) is 1.13. The van der Waals surface area contributed by atoms with Gasteiger partial charge in [-0.25, -0.2) is 4.99 Å². The molecule has 0 N–H and O–H groups in total. The van der Waals surface area contributed by atoms with Gasteiger partial charge in [0.05, 0.1) is 5.54 Å². The minimum Gasteiger partial charge on any atom is -0.349 e. The largest absolute Gasteiger partial charge is 0.349 e. The zero-order chi connectivity index (χ0) is 13.1. The number of nitrogens with zero attached hydrogens (tertiary/aromatic N) is 4. The van der Waals surface area contributed by atoms with Crippen molar-refractivity contribution in [1.29, 1.82) is 0 Å². The Bertz CT molecular complexity index is 263. The van der Waals surface area contributed by atoms with Crippen LogP contribution < -0.4 is 0 Å². The minimum absolute atomic E-state index is 0.0307. The molecule has 0 saturated carbocycles. The first kappa shape index (κ1) is 14.3. The molecule has 17 heavy (non-hydrogen) atoms. The molecule has 0 radical (unpaired) electrons. The molecule has 0 aromatic heterocycles. The third kappa shape index (κ3) is 4.19. The molecule has 4 nitrogen and oxygen atoms in total. The van der Waals surface area contributed by atoms with Crippen molar-refractivity contribution in [3.05, 3.63) is 0 Å². The van der Waals surface area contributed by atoms with E-state index in [9.17, 15) is 0 Å². The van der Waals surface area contributed by atoms with Gasteiger partial charge in [-0.05, 0) is 27.3 Å². The average Bonchev–Trinajstić information content (AvgIpc) is 2.27. The van der Waals surface area contributed by atoms with E-state index < -0.39 is 0 Å². The van der Waals surface area contributed by atoms with E-state index in [2.05, 4.69) is 56.6 Å². The fourth-order valence-corrected chi connectivity index (χ4v) is 1.81. The second kappa shape index (κ2) is 5.71. The fraction of sp³-hybridized carbons (Fsp3) is 0.923. The van der Waals surface area contributed by atoms with Crippen molar-refractivity contribution in [3.8, 4) is 0 Å². The van der Waals surface area contributed by atoms with Gasteiger partial charge in [-0.15, -0.1) is 0 Å². The number of rotatable bonds is 2. The smallest absolute Gasteiger partial charge is 0.196 e. The van der Waals surface area contributed by atoms with E-state index in [0.29, 0.717) is 0 Å². The first-order valence-electron chi connectivity index (χ1n) is 6.56. The minimum atomic E-state index is 0.0307. The first-order valence-corrected chi connectivity index (χ1v) is 6.56. The van der Waals surface area contributed by atoms with Crippen molar-refractivity contribution < 1.29 is 0 Å². The van der Waals surface area contributed by atoms with E-state index >= 15 is 0 Å². The van der Waals surface area contributed by atoms with E-state index in [4.69, 9.17) is 4.99 Å². The van der Waals surface area contributed by atoms with Crippen molar-refractivity contribution >= 4 is 5.96 Å². The Kier molecular flexibility index (Phi) is 4.80. The molecule has 1 rings (SSSR count). The number of piperazine rings is 1. The summed E-state index contributed by atoms with van der Waals surface area (Å²) in [7, 11) is 6.35. The van der Waals surface area contributed by atoms with Crippen molar-refractivity contribution in [2.75, 3.05) is 47.3 Å². The van der Waals surface area contributed by atoms with Crippen LogP contribution in [0.1, 0.15) is 27.2 Å². The second-order valence-electron chi connectivity index (χ2n) is 5.76. The Balaban J connectivity index is 2.79. The summed E-state index contributed by atoms with van der Waals surface area (Å²) in [5.41, 5.74) is 0.0307. The molecule has 0 aromatic carbocycles. The van der Waals surface area contributed by atoms with Crippen LogP contribution in [-0.4, -0.2) is 73.5 Å². The van der Waals surface area contributed by atoms with Crippen molar-refractivity contribution in [2.24, 2.45) is 4.99 Å². The third-order valence-electron chi connectivity index (χ3n) is 3.45. The molecule has 1 aliphatic heterocycles. The summed E-state index contributed by atoms with van der Waals surface area (Å²) in [5, 5.41) is 0. The van der Waals surface area contributed by atoms with Gasteiger partial charge in [0.1, 0.15) is 0 Å². The molecule has 0 amide bonds. The highest BCUT2D eigenvalue weighted by atomic mass is 15.4. The van der Waals surface area contributed by atoms with Crippen LogP contribution in [0, 0.1) is 0 Å². The van der Waals surface area contributed by atoms with Crippen molar-refractivity contribution in [1.82, 2.24) is 14.7 Å². The monoisotopic (exact) mass is 240 g/mol. The molecular weight excluding hydrogens is 212 g/mol. The molecule has 0 aromatic rings. The lowest BCUT2D eigenvalue weighted by molar-refractivity contribution is 0.201. The van der Waals surface area contributed by atoms with Gasteiger partial charge in [-0.1, -0.05) is 6.92 Å². The fourth-order valence-electron chi connectivity index (χ4n) is 1.81. The maximum Gasteiger partial charge on any atom is 0.196 e. The van der Waals surface area contributed by atoms with E-state index in [1.165, 1.54) is 0 Å². The van der Waals surface area contributed by atoms with Crippen LogP contribution in [0.25, 0.3) is 0 Å². The van der Waals surface area contributed by atoms with Gasteiger partial charge >= 0.3 is 0 Å². The Morgan fingerprint density at radius 1 is 1.18 bits per heavy atom. The van der Waals surface area contributed by atoms with Gasteiger partial charge in [0, 0.05) is 40.3 Å². The maximum absolute atomic E-state index is 4.93. The molecule has 0 bridgehead atoms. The van der Waals surface area contributed by atoms with Gasteiger partial charge in [-0.2, -0.15) is 0 Å². The summed E-state index contributed by atoms with van der Waals surface area (Å²) >= 11 is 0. The molecule has 1 saturated heterocycles. The van der Waals surface area contributed by atoms with E-state index in [-0.39, 0.29) is 5.54 Å². The normalized spacial score (nSPS) is 19.6. The average molecular weight is 240 g/mol. The summed E-state index contributed by atoms with van der Waals surface area (Å²) in [4.78, 5) is 11.8. The lowest BCUT2D eigenvalue weighted by Gasteiger charge is -2.38. The number of aliphatic imine (C=N–C) groups is 1. The van der Waals surface area contributed by atoms with Gasteiger partial charge in [0.15, 0.2) is 5.96 Å². The standard InChI is InChI=1S/C13H28N4/c1-7-13(2,3)14-12(15(4)5)17-10-8-16(6)9-11-17/h7-11H2,1-6H3. The van der Waals surface area contributed by atoms with Gasteiger partial charge < -0.3 is 14.7 Å². The van der Waals surface area contributed by atoms with Gasteiger partial charge in [0.2, 0.25) is 0 Å². The predicted molar refractivity (Wildman–Crippen MR) is 74.6 cm³/mol. The molecule has 1 aliphatic rings. The Morgan fingerprint density at radius 3 is 2.12 bits per heavy atom. The van der Waals surface area contributed by atoms with E-state index in [0.717, 1.165) is 38.6 Å². The van der Waals surface area contributed by atoms with Crippen LogP contribution in [0.15, 0.2) is 4.99 Å². The molecule has 0 aliphatic carbocycles. The van der Waals surface area contributed by atoms with Crippen molar-refractivity contribution in [2.45, 2.75) is 32.7 Å². The maximum atomic E-state index is 4.93. The first-order chi connectivity index (χ1) is 7.85. The van der Waals surface area contributed by atoms with Crippen LogP contribution in [-0.2, 0) is 0 Å². The molecule has 0 atom stereocenters. The number of likely N-dealkylation sites (N-methyl/N-ethyl adjacent to an activating group) is 1. The molecule has 1 heterocycles. The van der Waals surface area contributed by atoms with Crippen molar-refractivity contribution in [3.63, 3.8) is 0 Å². The molecule has 0 spiro atoms. The zero-order valence-corrected chi connectivity index (χ0v) is 12.3. The lowest BCUT2D eigenvalue weighted by atomic mass is 10.0. The quantitative estimate of drug-likeness (QED) is 0.537. The zero-order valence-electron chi connectivity index (χ0n) is 12.3. The number of hydrogen-bond donors (Lipinski definition) is 0. The SMILES string of the molecule is CCC(C)(C)N=C(N(C)C)N1CCN(C)CC1. The molecule has 0 unspecified atom stereocenters. The molecule has 1 fully saturated rings. The van der Waals surface area contributed by atoms with Crippen LogP contribution in [0.5, 0.6) is 0 Å². The van der Waals surface area contributed by atoms with E-state index in [1.807, 2.05) is 0 Å². The lowest BCUT2D eigenvalue weighted by Crippen LogP contribution is -2.51. The van der Waals surface area contributed by atoms with Crippen LogP contribution in [0.3, 0.4) is 0 Å². The van der Waals surface area contributed by atoms with Crippen LogP contribution >= 0.6 is 0 Å². The molecule has 4 heteroatoms. The predicted octanol–water partition coefficient (Wildman–Crippen LogP) is 1.34. The Labute approximate surface area is 106 Å². The Hall–Kier alpha value is -0.770. The molecule has 100 valence electrons. The number of guanidine groups is 1. The molecular formula is C13H28N4. The highest BCUT2D eigenvalue weighted by Crippen LogP contribution is 2.15. The van der Waals surface area contributed by atoms with Gasteiger partial charge in [-0.3, -0.25) is 0 Å². The topological polar surface area (TPSA) is 22.1 Å². The van der Waals surface area contributed by atoms with Crippen LogP contribution in [0.2, 0.25) is 0 Å². The Morgan fingerprint density at radius 2 is 1.71 bits per heavy atom. The summed E-state index contributed by atoms with van der Waals surface area (Å²) < 4.78 is 0. The summed E-state index contributed by atoms with van der Waals surface area (Å²) in [6, 6.07) is 0. The van der Waals surface area contributed by atoms with Gasteiger partial charge in [0.25, 0.3) is 0 Å². The summed E-state index contributed by atoms with van der Waals surface area (Å²) in [6.07, 6.45) is 1.07.